The lowest BCUT2D eigenvalue weighted by Crippen LogP contribution is -2.50. The minimum Gasteiger partial charge on any atom is -0.344 e. The number of nitrogens with one attached hydrogen (secondary N) is 3. The van der Waals surface area contributed by atoms with Crippen molar-refractivity contribution >= 4 is 27.6 Å². The Kier molecular flexibility index (Phi) is 8.03. The summed E-state index contributed by atoms with van der Waals surface area (Å²) in [5, 5.41) is 2.04. The number of alkyl halides is 3. The van der Waals surface area contributed by atoms with Gasteiger partial charge in [0.2, 0.25) is 5.91 Å². The Bertz CT molecular complexity index is 1180. The van der Waals surface area contributed by atoms with E-state index in [4.69, 9.17) is 0 Å². The number of rotatable bonds is 9. The Balaban J connectivity index is 2.48. The zero-order valence-electron chi connectivity index (χ0n) is 17.9. The smallest absolute Gasteiger partial charge is 0.344 e. The molecule has 1 aromatic heterocycles. The highest BCUT2D eigenvalue weighted by Crippen LogP contribution is 2.22. The number of hydrogen-bond donors (Lipinski definition) is 3. The predicted molar refractivity (Wildman–Crippen MR) is 116 cm³/mol. The van der Waals surface area contributed by atoms with Crippen LogP contribution in [0.25, 0.3) is 11.3 Å². The second-order valence-electron chi connectivity index (χ2n) is 7.35. The highest BCUT2D eigenvalue weighted by atomic mass is 32.2. The molecule has 0 fully saturated rings. The van der Waals surface area contributed by atoms with Crippen LogP contribution in [-0.4, -0.2) is 43.9 Å². The molecule has 33 heavy (non-hydrogen) atoms. The molecule has 13 heteroatoms. The van der Waals surface area contributed by atoms with E-state index in [2.05, 4.69) is 0 Å². The van der Waals surface area contributed by atoms with E-state index in [1.54, 1.807) is 30.3 Å². The molecule has 3 N–H and O–H groups in total. The summed E-state index contributed by atoms with van der Waals surface area (Å²) in [6.45, 7) is 1.92. The standard InChI is InChI=1S/C20H23F3N4O5S/c1-12(2)17(18(29)20(21,22)23)25-16(28)11-27-15(13-7-5-4-6-8-13)10-9-14(19(27)30)26-33(31,32)24-3/h4-10,12,17,24,26H,11H2,1-3H3,(H,25,28). The molecule has 1 heterocycles. The minimum atomic E-state index is -5.15. The van der Waals surface area contributed by atoms with Gasteiger partial charge in [-0.3, -0.25) is 23.7 Å². The number of nitrogens with zero attached hydrogens (tertiary/aromatic N) is 1. The van der Waals surface area contributed by atoms with Crippen LogP contribution in [0.3, 0.4) is 0 Å². The van der Waals surface area contributed by atoms with E-state index in [0.29, 0.717) is 5.56 Å². The molecule has 2 aromatic rings. The maximum atomic E-state index is 13.0. The number of halogens is 3. The summed E-state index contributed by atoms with van der Waals surface area (Å²) in [4.78, 5) is 37.3. The van der Waals surface area contributed by atoms with Crippen molar-refractivity contribution in [2.75, 3.05) is 11.8 Å². The van der Waals surface area contributed by atoms with Gasteiger partial charge in [0.15, 0.2) is 0 Å². The van der Waals surface area contributed by atoms with Crippen molar-refractivity contribution in [3.63, 3.8) is 0 Å². The summed E-state index contributed by atoms with van der Waals surface area (Å²) in [6, 6.07) is 9.05. The van der Waals surface area contributed by atoms with Crippen LogP contribution in [0, 0.1) is 5.92 Å². The molecule has 0 radical (unpaired) electrons. The number of carbonyl (C=O) groups excluding carboxylic acids is 2. The first-order valence-electron chi connectivity index (χ1n) is 9.67. The lowest BCUT2D eigenvalue weighted by atomic mass is 9.99. The average Bonchev–Trinajstić information content (AvgIpc) is 2.74. The number of aromatic nitrogens is 1. The van der Waals surface area contributed by atoms with Gasteiger partial charge in [-0.15, -0.1) is 0 Å². The molecule has 0 aliphatic rings. The Labute approximate surface area is 188 Å². The average molecular weight is 488 g/mol. The summed E-state index contributed by atoms with van der Waals surface area (Å²) in [6.07, 6.45) is -5.15. The largest absolute Gasteiger partial charge is 0.452 e. The zero-order chi connectivity index (χ0) is 25.0. The van der Waals surface area contributed by atoms with Crippen LogP contribution in [0.4, 0.5) is 18.9 Å². The van der Waals surface area contributed by atoms with Crippen LogP contribution in [0.15, 0.2) is 47.3 Å². The zero-order valence-corrected chi connectivity index (χ0v) is 18.8. The fourth-order valence-corrected chi connectivity index (χ4v) is 3.49. The van der Waals surface area contributed by atoms with E-state index in [-0.39, 0.29) is 11.4 Å². The molecule has 180 valence electrons. The molecule has 1 aromatic carbocycles. The Hall–Kier alpha value is -3.19. The van der Waals surface area contributed by atoms with Crippen LogP contribution in [0.1, 0.15) is 13.8 Å². The van der Waals surface area contributed by atoms with Gasteiger partial charge < -0.3 is 5.32 Å². The second kappa shape index (κ2) is 10.2. The number of hydrogen-bond acceptors (Lipinski definition) is 5. The molecular weight excluding hydrogens is 465 g/mol. The molecule has 9 nitrogen and oxygen atoms in total. The van der Waals surface area contributed by atoms with Gasteiger partial charge >= 0.3 is 6.18 Å². The van der Waals surface area contributed by atoms with E-state index in [1.165, 1.54) is 26.0 Å². The van der Waals surface area contributed by atoms with Gasteiger partial charge in [-0.25, -0.2) is 4.72 Å². The third-order valence-corrected chi connectivity index (χ3v) is 5.63. The number of anilines is 1. The van der Waals surface area contributed by atoms with E-state index in [1.807, 2.05) is 14.8 Å². The predicted octanol–water partition coefficient (Wildman–Crippen LogP) is 1.66. The SMILES string of the molecule is CNS(=O)(=O)Nc1ccc(-c2ccccc2)n(CC(=O)NC(C(=O)C(F)(F)F)C(C)C)c1=O. The van der Waals surface area contributed by atoms with Crippen LogP contribution >= 0.6 is 0 Å². The quantitative estimate of drug-likeness (QED) is 0.495. The van der Waals surface area contributed by atoms with Gasteiger partial charge in [-0.2, -0.15) is 21.6 Å². The van der Waals surface area contributed by atoms with E-state index in [0.717, 1.165) is 11.6 Å². The fourth-order valence-electron chi connectivity index (χ4n) is 2.94. The third kappa shape index (κ3) is 6.65. The van der Waals surface area contributed by atoms with Crippen molar-refractivity contribution < 1.29 is 31.2 Å². The van der Waals surface area contributed by atoms with Crippen LogP contribution in [0.2, 0.25) is 0 Å². The molecule has 0 spiro atoms. The summed E-state index contributed by atoms with van der Waals surface area (Å²) < 4.78 is 67.2. The Morgan fingerprint density at radius 3 is 2.18 bits per heavy atom. The van der Waals surface area contributed by atoms with E-state index >= 15 is 0 Å². The number of benzene rings is 1. The molecule has 0 aliphatic carbocycles. The maximum absolute atomic E-state index is 13.0. The first kappa shape index (κ1) is 26.1. The Morgan fingerprint density at radius 2 is 1.67 bits per heavy atom. The van der Waals surface area contributed by atoms with Gasteiger partial charge in [0.25, 0.3) is 21.6 Å². The second-order valence-corrected chi connectivity index (χ2v) is 8.97. The monoisotopic (exact) mass is 488 g/mol. The van der Waals surface area contributed by atoms with Gasteiger partial charge in [0, 0.05) is 7.05 Å². The highest BCUT2D eigenvalue weighted by Gasteiger charge is 2.45. The highest BCUT2D eigenvalue weighted by molar-refractivity contribution is 7.90. The molecule has 0 aliphatic heterocycles. The minimum absolute atomic E-state index is 0.214. The van der Waals surface area contributed by atoms with E-state index < -0.39 is 52.1 Å². The first-order chi connectivity index (χ1) is 15.3. The maximum Gasteiger partial charge on any atom is 0.452 e. The molecule has 2 rings (SSSR count). The molecule has 1 amide bonds. The molecule has 0 bridgehead atoms. The number of amides is 1. The molecular formula is C20H23F3N4O5S. The van der Waals surface area contributed by atoms with Crippen molar-refractivity contribution in [3.8, 4) is 11.3 Å². The van der Waals surface area contributed by atoms with Gasteiger partial charge in [-0.05, 0) is 23.6 Å². The van der Waals surface area contributed by atoms with Crippen molar-refractivity contribution in [1.29, 1.82) is 0 Å². The first-order valence-corrected chi connectivity index (χ1v) is 11.2. The summed E-state index contributed by atoms with van der Waals surface area (Å²) in [5.74, 6) is -4.02. The fraction of sp³-hybridized carbons (Fsp3) is 0.350. The van der Waals surface area contributed by atoms with Crippen LogP contribution in [0.5, 0.6) is 0 Å². The normalized spacial score (nSPS) is 12.9. The molecule has 0 saturated carbocycles. The summed E-state index contributed by atoms with van der Waals surface area (Å²) >= 11 is 0. The number of carbonyl (C=O) groups is 2. The lowest BCUT2D eigenvalue weighted by molar-refractivity contribution is -0.174. The van der Waals surface area contributed by atoms with E-state index in [9.17, 15) is 36.0 Å². The van der Waals surface area contributed by atoms with Crippen LogP contribution in [-0.2, 0) is 26.3 Å². The van der Waals surface area contributed by atoms with Crippen LogP contribution < -0.4 is 20.3 Å². The van der Waals surface area contributed by atoms with Crippen molar-refractivity contribution in [2.45, 2.75) is 32.6 Å². The van der Waals surface area contributed by atoms with Gasteiger partial charge in [-0.1, -0.05) is 44.2 Å². The number of ketones is 1. The summed E-state index contributed by atoms with van der Waals surface area (Å²) in [5.41, 5.74) is -0.583. The lowest BCUT2D eigenvalue weighted by Gasteiger charge is -2.23. The number of pyridine rings is 1. The summed E-state index contributed by atoms with van der Waals surface area (Å²) in [7, 11) is -2.94. The van der Waals surface area contributed by atoms with Gasteiger partial charge in [0.05, 0.1) is 11.7 Å². The van der Waals surface area contributed by atoms with Crippen molar-refractivity contribution in [2.24, 2.45) is 5.92 Å². The Morgan fingerprint density at radius 1 is 1.06 bits per heavy atom. The number of Topliss-reactive ketones (excluding diaryl/α,β-unsaturated/α-hetero) is 1. The molecule has 0 saturated heterocycles. The van der Waals surface area contributed by atoms with Gasteiger partial charge in [0.1, 0.15) is 12.2 Å². The molecule has 1 atom stereocenters. The third-order valence-electron chi connectivity index (χ3n) is 4.60. The van der Waals surface area contributed by atoms with Crippen molar-refractivity contribution in [3.05, 3.63) is 52.8 Å². The van der Waals surface area contributed by atoms with Crippen molar-refractivity contribution in [1.82, 2.24) is 14.6 Å². The topological polar surface area (TPSA) is 126 Å². The molecule has 1 unspecified atom stereocenters.